The number of nitrogens with two attached hydrogens (primary N) is 1. The molecule has 3 rings (SSSR count). The Morgan fingerprint density at radius 1 is 1.50 bits per heavy atom. The molecule has 2 aromatic rings. The molecule has 3 heterocycles. The molecule has 5 atom stereocenters. The number of hydrogen-bond acceptors (Lipinski definition) is 5. The highest BCUT2D eigenvalue weighted by atomic mass is 19.1. The number of aliphatic hydroxyl groups excluding tert-OH is 1. The van der Waals surface area contributed by atoms with Crippen molar-refractivity contribution in [1.82, 2.24) is 14.5 Å². The van der Waals surface area contributed by atoms with Crippen LogP contribution in [0.2, 0.25) is 0 Å². The summed E-state index contributed by atoms with van der Waals surface area (Å²) in [6.07, 6.45) is -0.354. The van der Waals surface area contributed by atoms with E-state index in [-0.39, 0.29) is 16.9 Å². The van der Waals surface area contributed by atoms with Crippen LogP contribution in [0.25, 0.3) is 11.0 Å². The van der Waals surface area contributed by atoms with Gasteiger partial charge in [0.2, 0.25) is 0 Å². The molecular weight excluding hydrogens is 294 g/mol. The Labute approximate surface area is 125 Å². The number of rotatable bonds is 2. The van der Waals surface area contributed by atoms with Crippen LogP contribution in [0.3, 0.4) is 0 Å². The van der Waals surface area contributed by atoms with Crippen LogP contribution in [-0.4, -0.2) is 37.5 Å². The average molecular weight is 312 g/mol. The summed E-state index contributed by atoms with van der Waals surface area (Å²) in [5.41, 5.74) is 4.02. The van der Waals surface area contributed by atoms with Crippen molar-refractivity contribution in [1.29, 1.82) is 0 Å². The first-order chi connectivity index (χ1) is 10.2. The largest absolute Gasteiger partial charge is 0.391 e. The monoisotopic (exact) mass is 312 g/mol. The van der Waals surface area contributed by atoms with E-state index in [9.17, 15) is 9.50 Å². The summed E-state index contributed by atoms with van der Waals surface area (Å²) in [6, 6.07) is 0. The summed E-state index contributed by atoms with van der Waals surface area (Å²) in [4.78, 5) is 7.73. The predicted octanol–water partition coefficient (Wildman–Crippen LogP) is 1.80. The molecule has 0 aromatic carbocycles. The molecule has 0 aliphatic carbocycles. The number of aromatic nitrogens is 3. The summed E-state index contributed by atoms with van der Waals surface area (Å²) in [7, 11) is 0. The molecule has 0 saturated carbocycles. The van der Waals surface area contributed by atoms with Gasteiger partial charge in [0.05, 0.1) is 17.6 Å². The summed E-state index contributed by atoms with van der Waals surface area (Å²) in [6.45, 7) is 4.57. The molecule has 1 saturated heterocycles. The average Bonchev–Trinajstić information content (AvgIpc) is 2.87. The van der Waals surface area contributed by atoms with Crippen molar-refractivity contribution in [3.8, 4) is 0 Å². The van der Waals surface area contributed by atoms with Crippen LogP contribution in [-0.2, 0) is 4.74 Å². The number of hydrogen-bond donors (Lipinski definition) is 2. The van der Waals surface area contributed by atoms with Crippen molar-refractivity contribution in [3.63, 3.8) is 0 Å². The molecule has 1 fully saturated rings. The minimum atomic E-state index is -1.81. The third kappa shape index (κ3) is 1.98. The van der Waals surface area contributed by atoms with E-state index in [1.165, 1.54) is 24.7 Å². The SMILES string of the molecule is C[C@@H]1[C@@H]([C@@H](C)O)O[C@@H](n2cc(F)c3c(N)ncnc32)[C@]1(C)F. The van der Waals surface area contributed by atoms with Crippen molar-refractivity contribution in [3.05, 3.63) is 18.3 Å². The van der Waals surface area contributed by atoms with E-state index in [1.54, 1.807) is 6.92 Å². The first kappa shape index (κ1) is 15.1. The van der Waals surface area contributed by atoms with Gasteiger partial charge in [0.15, 0.2) is 23.4 Å². The van der Waals surface area contributed by atoms with Crippen molar-refractivity contribution < 1.29 is 18.6 Å². The number of nitrogens with zero attached hydrogens (tertiary/aromatic N) is 3. The lowest BCUT2D eigenvalue weighted by atomic mass is 9.88. The predicted molar refractivity (Wildman–Crippen MR) is 76.2 cm³/mol. The first-order valence-electron chi connectivity index (χ1n) is 7.04. The van der Waals surface area contributed by atoms with E-state index >= 15 is 4.39 Å². The third-order valence-electron chi connectivity index (χ3n) is 4.47. The minimum Gasteiger partial charge on any atom is -0.391 e. The number of ether oxygens (including phenoxy) is 1. The number of halogens is 2. The Bertz CT molecular complexity index is 716. The highest BCUT2D eigenvalue weighted by molar-refractivity contribution is 5.86. The number of anilines is 1. The maximum absolute atomic E-state index is 15.1. The molecule has 1 aliphatic heterocycles. The smallest absolute Gasteiger partial charge is 0.170 e. The lowest BCUT2D eigenvalue weighted by Gasteiger charge is -2.26. The molecule has 0 spiro atoms. The van der Waals surface area contributed by atoms with Gasteiger partial charge in [-0.2, -0.15) is 0 Å². The van der Waals surface area contributed by atoms with Gasteiger partial charge in [-0.1, -0.05) is 6.92 Å². The Balaban J connectivity index is 2.14. The maximum atomic E-state index is 15.1. The summed E-state index contributed by atoms with van der Waals surface area (Å²) < 4.78 is 36.2. The fourth-order valence-corrected chi connectivity index (χ4v) is 3.06. The van der Waals surface area contributed by atoms with E-state index < -0.39 is 35.8 Å². The van der Waals surface area contributed by atoms with Crippen molar-refractivity contribution in [2.75, 3.05) is 5.73 Å². The minimum absolute atomic E-state index is 0.0140. The summed E-state index contributed by atoms with van der Waals surface area (Å²) >= 11 is 0. The summed E-state index contributed by atoms with van der Waals surface area (Å²) in [5, 5.41) is 9.80. The second-order valence-electron chi connectivity index (χ2n) is 5.98. The lowest BCUT2D eigenvalue weighted by Crippen LogP contribution is -2.35. The van der Waals surface area contributed by atoms with Crippen LogP contribution in [0.15, 0.2) is 12.5 Å². The molecule has 0 unspecified atom stereocenters. The zero-order valence-corrected chi connectivity index (χ0v) is 12.5. The van der Waals surface area contributed by atoms with E-state index in [2.05, 4.69) is 9.97 Å². The lowest BCUT2D eigenvalue weighted by molar-refractivity contribution is -0.0761. The van der Waals surface area contributed by atoms with Crippen molar-refractivity contribution >= 4 is 16.9 Å². The van der Waals surface area contributed by atoms with Gasteiger partial charge in [0, 0.05) is 12.1 Å². The number of fused-ring (bicyclic) bond motifs is 1. The van der Waals surface area contributed by atoms with Crippen LogP contribution in [0.5, 0.6) is 0 Å². The molecule has 0 bridgehead atoms. The van der Waals surface area contributed by atoms with Crippen LogP contribution in [0.1, 0.15) is 27.0 Å². The molecule has 22 heavy (non-hydrogen) atoms. The fourth-order valence-electron chi connectivity index (χ4n) is 3.06. The van der Waals surface area contributed by atoms with Crippen molar-refractivity contribution in [2.24, 2.45) is 5.92 Å². The van der Waals surface area contributed by atoms with Gasteiger partial charge in [0.1, 0.15) is 12.1 Å². The van der Waals surface area contributed by atoms with E-state index in [0.29, 0.717) is 0 Å². The second kappa shape index (κ2) is 4.85. The van der Waals surface area contributed by atoms with Gasteiger partial charge in [-0.15, -0.1) is 0 Å². The highest BCUT2D eigenvalue weighted by Crippen LogP contribution is 2.47. The molecule has 1 aliphatic rings. The Morgan fingerprint density at radius 3 is 2.77 bits per heavy atom. The maximum Gasteiger partial charge on any atom is 0.170 e. The number of alkyl halides is 1. The van der Waals surface area contributed by atoms with Crippen LogP contribution >= 0.6 is 0 Å². The molecule has 0 amide bonds. The van der Waals surface area contributed by atoms with E-state index in [0.717, 1.165) is 6.20 Å². The molecule has 120 valence electrons. The molecule has 0 radical (unpaired) electrons. The molecule has 8 heteroatoms. The second-order valence-corrected chi connectivity index (χ2v) is 5.98. The van der Waals surface area contributed by atoms with Gasteiger partial charge >= 0.3 is 0 Å². The Hall–Kier alpha value is -1.80. The van der Waals surface area contributed by atoms with Crippen LogP contribution < -0.4 is 5.73 Å². The Morgan fingerprint density at radius 2 is 2.18 bits per heavy atom. The number of nitrogen functional groups attached to an aromatic ring is 1. The summed E-state index contributed by atoms with van der Waals surface area (Å²) in [5.74, 6) is -1.22. The highest BCUT2D eigenvalue weighted by Gasteiger charge is 2.54. The zero-order valence-electron chi connectivity index (χ0n) is 12.5. The Kier molecular flexibility index (Phi) is 3.33. The van der Waals surface area contributed by atoms with Gasteiger partial charge in [0.25, 0.3) is 0 Å². The van der Waals surface area contributed by atoms with Gasteiger partial charge < -0.3 is 15.6 Å². The molecular formula is C14H18F2N4O2. The zero-order chi connectivity index (χ0) is 16.2. The van der Waals surface area contributed by atoms with Crippen LogP contribution in [0.4, 0.5) is 14.6 Å². The molecule has 6 nitrogen and oxygen atoms in total. The normalized spacial score (nSPS) is 33.5. The number of aliphatic hydroxyl groups is 1. The topological polar surface area (TPSA) is 86.2 Å². The first-order valence-corrected chi connectivity index (χ1v) is 7.04. The van der Waals surface area contributed by atoms with Gasteiger partial charge in [-0.05, 0) is 13.8 Å². The van der Waals surface area contributed by atoms with E-state index in [4.69, 9.17) is 10.5 Å². The molecule has 2 aromatic heterocycles. The standard InChI is InChI=1S/C14H18F2N4O2/c1-6-10(7(2)21)22-13(14(6,3)16)20-4-8(15)9-11(17)18-5-19-12(9)20/h4-7,10,13,21H,1-3H3,(H2,17,18,19)/t6-,7-,10+,13-,14-/m1/s1. The third-order valence-corrected chi connectivity index (χ3v) is 4.47. The fraction of sp³-hybridized carbons (Fsp3) is 0.571. The quantitative estimate of drug-likeness (QED) is 0.883. The molecule has 3 N–H and O–H groups in total. The van der Waals surface area contributed by atoms with Gasteiger partial charge in [-0.3, -0.25) is 4.57 Å². The van der Waals surface area contributed by atoms with Crippen molar-refractivity contribution in [2.45, 2.75) is 44.9 Å². The van der Waals surface area contributed by atoms with Gasteiger partial charge in [-0.25, -0.2) is 18.7 Å². The van der Waals surface area contributed by atoms with Crippen LogP contribution in [0, 0.1) is 11.7 Å². The van der Waals surface area contributed by atoms with E-state index in [1.807, 2.05) is 0 Å².